The van der Waals surface area contributed by atoms with Gasteiger partial charge >= 0.3 is 6.36 Å². The second-order valence-corrected chi connectivity index (χ2v) is 5.54. The van der Waals surface area contributed by atoms with Gasteiger partial charge in [0.2, 0.25) is 0 Å². The molecule has 0 aromatic heterocycles. The van der Waals surface area contributed by atoms with E-state index in [4.69, 9.17) is 0 Å². The van der Waals surface area contributed by atoms with Gasteiger partial charge in [0, 0.05) is 5.41 Å². The number of rotatable bonds is 2. The summed E-state index contributed by atoms with van der Waals surface area (Å²) >= 11 is 0. The third kappa shape index (κ3) is 2.31. The Morgan fingerprint density at radius 3 is 2.84 bits per heavy atom. The number of hydrogen-bond acceptors (Lipinski definition) is 2. The number of ether oxygens (including phenoxy) is 1. The van der Waals surface area contributed by atoms with Crippen molar-refractivity contribution >= 4 is 0 Å². The van der Waals surface area contributed by atoms with Crippen molar-refractivity contribution in [1.82, 2.24) is 5.32 Å². The quantitative estimate of drug-likeness (QED) is 0.892. The molecule has 3 rings (SSSR count). The lowest BCUT2D eigenvalue weighted by molar-refractivity contribution is -0.274. The maximum absolute atomic E-state index is 12.4. The van der Waals surface area contributed by atoms with Crippen LogP contribution < -0.4 is 10.1 Å². The fraction of sp³-hybridized carbons (Fsp3) is 0.571. The Morgan fingerprint density at radius 1 is 1.37 bits per heavy atom. The fourth-order valence-electron chi connectivity index (χ4n) is 3.18. The summed E-state index contributed by atoms with van der Waals surface area (Å²) in [4.78, 5) is 0. The van der Waals surface area contributed by atoms with Gasteiger partial charge in [-0.05, 0) is 56.0 Å². The van der Waals surface area contributed by atoms with Crippen LogP contribution in [0.4, 0.5) is 13.2 Å². The molecule has 5 heteroatoms. The molecular formula is C14H16F3NO. The Bertz CT molecular complexity index is 500. The van der Waals surface area contributed by atoms with E-state index in [-0.39, 0.29) is 11.2 Å². The average Bonchev–Trinajstić information content (AvgIpc) is 3.05. The molecule has 1 aromatic rings. The van der Waals surface area contributed by atoms with Crippen molar-refractivity contribution in [1.29, 1.82) is 0 Å². The van der Waals surface area contributed by atoms with E-state index >= 15 is 0 Å². The molecule has 1 aliphatic carbocycles. The van der Waals surface area contributed by atoms with Crippen molar-refractivity contribution < 1.29 is 17.9 Å². The van der Waals surface area contributed by atoms with Crippen molar-refractivity contribution in [2.24, 2.45) is 5.92 Å². The summed E-state index contributed by atoms with van der Waals surface area (Å²) in [5.74, 6) is 0.492. The van der Waals surface area contributed by atoms with E-state index in [0.29, 0.717) is 11.5 Å². The first-order chi connectivity index (χ1) is 8.91. The van der Waals surface area contributed by atoms with Crippen LogP contribution in [0.25, 0.3) is 0 Å². The van der Waals surface area contributed by atoms with Crippen LogP contribution in [-0.4, -0.2) is 19.5 Å². The molecule has 1 saturated heterocycles. The zero-order chi connectivity index (χ0) is 13.7. The summed E-state index contributed by atoms with van der Waals surface area (Å²) in [5, 5.41) is 3.32. The summed E-state index contributed by atoms with van der Waals surface area (Å²) in [6.07, 6.45) is -2.57. The molecule has 1 aliphatic heterocycles. The number of nitrogens with one attached hydrogen (secondary N) is 1. The Labute approximate surface area is 109 Å². The smallest absolute Gasteiger partial charge is 0.406 e. The van der Waals surface area contributed by atoms with Crippen molar-refractivity contribution in [2.45, 2.75) is 31.5 Å². The summed E-state index contributed by atoms with van der Waals surface area (Å²) in [6.45, 7) is 3.53. The molecule has 1 N–H and O–H groups in total. The normalized spacial score (nSPS) is 29.8. The Morgan fingerprint density at radius 2 is 2.16 bits per heavy atom. The van der Waals surface area contributed by atoms with E-state index in [0.717, 1.165) is 31.5 Å². The molecule has 2 nitrogen and oxygen atoms in total. The highest BCUT2D eigenvalue weighted by Crippen LogP contribution is 2.58. The van der Waals surface area contributed by atoms with Crippen LogP contribution >= 0.6 is 0 Å². The number of alkyl halides is 3. The second-order valence-electron chi connectivity index (χ2n) is 5.54. The standard InChI is InChI=1S/C14H16F3NO/c1-9-2-3-10(6-12(9)19-14(15,16)17)13-4-5-18-8-11(13)7-13/h2-3,6,11,18H,4-5,7-8H2,1H3. The van der Waals surface area contributed by atoms with Crippen LogP contribution in [0.15, 0.2) is 18.2 Å². The molecule has 0 amide bonds. The lowest BCUT2D eigenvalue weighted by Crippen LogP contribution is -2.31. The van der Waals surface area contributed by atoms with Crippen molar-refractivity contribution in [3.8, 4) is 5.75 Å². The van der Waals surface area contributed by atoms with Crippen LogP contribution in [0, 0.1) is 12.8 Å². The van der Waals surface area contributed by atoms with Gasteiger partial charge in [0.15, 0.2) is 0 Å². The molecule has 2 aliphatic rings. The number of aryl methyl sites for hydroxylation is 1. The first kappa shape index (κ1) is 12.8. The molecule has 104 valence electrons. The van der Waals surface area contributed by atoms with Crippen LogP contribution in [-0.2, 0) is 5.41 Å². The summed E-state index contributed by atoms with van der Waals surface area (Å²) < 4.78 is 41.2. The van der Waals surface area contributed by atoms with Crippen molar-refractivity contribution in [2.75, 3.05) is 13.1 Å². The van der Waals surface area contributed by atoms with E-state index < -0.39 is 6.36 Å². The molecule has 2 unspecified atom stereocenters. The third-order valence-electron chi connectivity index (χ3n) is 4.36. The first-order valence-corrected chi connectivity index (χ1v) is 6.48. The largest absolute Gasteiger partial charge is 0.573 e. The zero-order valence-corrected chi connectivity index (χ0v) is 10.7. The highest BCUT2D eigenvalue weighted by molar-refractivity contribution is 5.44. The summed E-state index contributed by atoms with van der Waals surface area (Å²) in [6, 6.07) is 5.25. The molecule has 1 heterocycles. The van der Waals surface area contributed by atoms with Crippen LogP contribution in [0.5, 0.6) is 5.75 Å². The van der Waals surface area contributed by atoms with Crippen LogP contribution in [0.2, 0.25) is 0 Å². The van der Waals surface area contributed by atoms with Gasteiger partial charge < -0.3 is 10.1 Å². The van der Waals surface area contributed by atoms with Gasteiger partial charge in [0.05, 0.1) is 0 Å². The van der Waals surface area contributed by atoms with E-state index in [1.54, 1.807) is 19.1 Å². The maximum Gasteiger partial charge on any atom is 0.573 e. The minimum absolute atomic E-state index is 0.0662. The van der Waals surface area contributed by atoms with Gasteiger partial charge in [0.1, 0.15) is 5.75 Å². The number of piperidine rings is 1. The predicted octanol–water partition coefficient (Wildman–Crippen LogP) is 3.14. The minimum atomic E-state index is -4.63. The molecule has 1 aromatic carbocycles. The first-order valence-electron chi connectivity index (χ1n) is 6.48. The molecule has 19 heavy (non-hydrogen) atoms. The Kier molecular flexibility index (Phi) is 2.78. The fourth-order valence-corrected chi connectivity index (χ4v) is 3.18. The summed E-state index contributed by atoms with van der Waals surface area (Å²) in [7, 11) is 0. The van der Waals surface area contributed by atoms with Crippen LogP contribution in [0.1, 0.15) is 24.0 Å². The van der Waals surface area contributed by atoms with Gasteiger partial charge in [-0.2, -0.15) is 0 Å². The van der Waals surface area contributed by atoms with Crippen molar-refractivity contribution in [3.63, 3.8) is 0 Å². The van der Waals surface area contributed by atoms with E-state index in [9.17, 15) is 13.2 Å². The Balaban J connectivity index is 1.90. The topological polar surface area (TPSA) is 21.3 Å². The molecule has 0 bridgehead atoms. The van der Waals surface area contributed by atoms with Crippen LogP contribution in [0.3, 0.4) is 0 Å². The van der Waals surface area contributed by atoms with Gasteiger partial charge in [-0.15, -0.1) is 13.2 Å². The highest BCUT2D eigenvalue weighted by Gasteiger charge is 2.56. The average molecular weight is 271 g/mol. The number of halogens is 3. The van der Waals surface area contributed by atoms with Gasteiger partial charge in [-0.3, -0.25) is 0 Å². The van der Waals surface area contributed by atoms with Gasteiger partial charge in [-0.1, -0.05) is 12.1 Å². The predicted molar refractivity (Wildman–Crippen MR) is 65.1 cm³/mol. The summed E-state index contributed by atoms with van der Waals surface area (Å²) in [5.41, 5.74) is 1.59. The molecule has 2 fully saturated rings. The Hall–Kier alpha value is -1.23. The molecule has 2 atom stereocenters. The minimum Gasteiger partial charge on any atom is -0.406 e. The molecular weight excluding hydrogens is 255 g/mol. The lowest BCUT2D eigenvalue weighted by atomic mass is 9.87. The van der Waals surface area contributed by atoms with E-state index in [1.807, 2.05) is 6.07 Å². The molecule has 1 saturated carbocycles. The highest BCUT2D eigenvalue weighted by atomic mass is 19.4. The third-order valence-corrected chi connectivity index (χ3v) is 4.36. The second kappa shape index (κ2) is 4.13. The maximum atomic E-state index is 12.4. The van der Waals surface area contributed by atoms with Gasteiger partial charge in [-0.25, -0.2) is 0 Å². The lowest BCUT2D eigenvalue weighted by Gasteiger charge is -2.24. The van der Waals surface area contributed by atoms with E-state index in [1.165, 1.54) is 0 Å². The van der Waals surface area contributed by atoms with Crippen molar-refractivity contribution in [3.05, 3.63) is 29.3 Å². The van der Waals surface area contributed by atoms with Gasteiger partial charge in [0.25, 0.3) is 0 Å². The van der Waals surface area contributed by atoms with E-state index in [2.05, 4.69) is 10.1 Å². The number of hydrogen-bond donors (Lipinski definition) is 1. The SMILES string of the molecule is Cc1ccc(C23CCNCC2C3)cc1OC(F)(F)F. The monoisotopic (exact) mass is 271 g/mol. The number of benzene rings is 1. The molecule has 0 radical (unpaired) electrons. The zero-order valence-electron chi connectivity index (χ0n) is 10.7. The molecule has 0 spiro atoms. The number of fused-ring (bicyclic) bond motifs is 1.